The number of hydrogen-bond donors (Lipinski definition) is 1. The van der Waals surface area contributed by atoms with Crippen molar-refractivity contribution in [3.8, 4) is 11.5 Å². The van der Waals surface area contributed by atoms with Crippen molar-refractivity contribution in [3.63, 3.8) is 0 Å². The molecule has 0 aromatic heterocycles. The van der Waals surface area contributed by atoms with Crippen LogP contribution in [0.3, 0.4) is 0 Å². The second kappa shape index (κ2) is 5.87. The van der Waals surface area contributed by atoms with Gasteiger partial charge in [-0.3, -0.25) is 0 Å². The summed E-state index contributed by atoms with van der Waals surface area (Å²) in [6.07, 6.45) is 0. The van der Waals surface area contributed by atoms with Gasteiger partial charge in [0.15, 0.2) is 0 Å². The Morgan fingerprint density at radius 1 is 1.00 bits per heavy atom. The largest absolute Gasteiger partial charge is 0.457 e. The molecule has 2 nitrogen and oxygen atoms in total. The first-order chi connectivity index (χ1) is 8.60. The van der Waals surface area contributed by atoms with Gasteiger partial charge in [-0.15, -0.1) is 0 Å². The number of hydrogen-bond acceptors (Lipinski definition) is 2. The van der Waals surface area contributed by atoms with E-state index in [9.17, 15) is 5.11 Å². The quantitative estimate of drug-likeness (QED) is 0.839. The Morgan fingerprint density at radius 2 is 1.67 bits per heavy atom. The first kappa shape index (κ1) is 13.6. The summed E-state index contributed by atoms with van der Waals surface area (Å²) in [5.74, 6) is 1.45. The summed E-state index contributed by atoms with van der Waals surface area (Å²) < 4.78 is 7.74. The third kappa shape index (κ3) is 3.13. The molecule has 0 amide bonds. The molecule has 2 rings (SSSR count). The Morgan fingerprint density at radius 3 is 2.39 bits per heavy atom. The second-order valence-electron chi connectivity index (χ2n) is 3.92. The SMILES string of the molecule is Cc1ccc(Br)cc1Oc1ccc(Br)cc1CO. The Kier molecular flexibility index (Phi) is 4.43. The van der Waals surface area contributed by atoms with Crippen LogP contribution in [0.25, 0.3) is 0 Å². The summed E-state index contributed by atoms with van der Waals surface area (Å²) in [7, 11) is 0. The zero-order valence-electron chi connectivity index (χ0n) is 9.78. The van der Waals surface area contributed by atoms with E-state index in [0.29, 0.717) is 5.75 Å². The molecule has 0 unspecified atom stereocenters. The van der Waals surface area contributed by atoms with E-state index in [2.05, 4.69) is 31.9 Å². The standard InChI is InChI=1S/C14H12Br2O2/c1-9-2-3-12(16)7-14(9)18-13-5-4-11(15)6-10(13)8-17/h2-7,17H,8H2,1H3. The Labute approximate surface area is 123 Å². The topological polar surface area (TPSA) is 29.5 Å². The molecular weight excluding hydrogens is 360 g/mol. The van der Waals surface area contributed by atoms with E-state index >= 15 is 0 Å². The minimum atomic E-state index is -0.0537. The fraction of sp³-hybridized carbons (Fsp3) is 0.143. The van der Waals surface area contributed by atoms with E-state index in [1.807, 2.05) is 43.3 Å². The summed E-state index contributed by atoms with van der Waals surface area (Å²) in [6.45, 7) is 1.93. The van der Waals surface area contributed by atoms with Crippen LogP contribution in [0.1, 0.15) is 11.1 Å². The van der Waals surface area contributed by atoms with Crippen LogP contribution in [-0.2, 0) is 6.61 Å². The van der Waals surface area contributed by atoms with Crippen LogP contribution in [0, 0.1) is 6.92 Å². The lowest BCUT2D eigenvalue weighted by atomic mass is 10.2. The predicted octanol–water partition coefficient (Wildman–Crippen LogP) is 4.80. The zero-order valence-corrected chi connectivity index (χ0v) is 13.0. The van der Waals surface area contributed by atoms with E-state index in [1.165, 1.54) is 0 Å². The molecule has 0 bridgehead atoms. The molecule has 0 atom stereocenters. The average Bonchev–Trinajstić information content (AvgIpc) is 2.36. The second-order valence-corrected chi connectivity index (χ2v) is 5.75. The normalized spacial score (nSPS) is 10.4. The van der Waals surface area contributed by atoms with Crippen LogP contribution < -0.4 is 4.74 Å². The lowest BCUT2D eigenvalue weighted by Crippen LogP contribution is -1.93. The van der Waals surface area contributed by atoms with Crippen molar-refractivity contribution in [2.24, 2.45) is 0 Å². The van der Waals surface area contributed by atoms with Crippen molar-refractivity contribution in [1.82, 2.24) is 0 Å². The van der Waals surface area contributed by atoms with E-state index in [4.69, 9.17) is 4.74 Å². The number of rotatable bonds is 3. The van der Waals surface area contributed by atoms with Gasteiger partial charge in [0, 0.05) is 14.5 Å². The minimum absolute atomic E-state index is 0.0537. The van der Waals surface area contributed by atoms with Gasteiger partial charge in [0.2, 0.25) is 0 Å². The van der Waals surface area contributed by atoms with E-state index in [0.717, 1.165) is 25.8 Å². The molecule has 2 aromatic carbocycles. The highest BCUT2D eigenvalue weighted by Gasteiger charge is 2.07. The lowest BCUT2D eigenvalue weighted by molar-refractivity contribution is 0.276. The molecule has 0 fully saturated rings. The van der Waals surface area contributed by atoms with Crippen molar-refractivity contribution in [3.05, 3.63) is 56.5 Å². The van der Waals surface area contributed by atoms with Crippen molar-refractivity contribution in [2.45, 2.75) is 13.5 Å². The number of aliphatic hydroxyl groups excluding tert-OH is 1. The maximum absolute atomic E-state index is 9.33. The van der Waals surface area contributed by atoms with Crippen LogP contribution in [0.2, 0.25) is 0 Å². The molecule has 0 radical (unpaired) electrons. The van der Waals surface area contributed by atoms with Gasteiger partial charge >= 0.3 is 0 Å². The summed E-state index contributed by atoms with van der Waals surface area (Å²) in [4.78, 5) is 0. The fourth-order valence-electron chi connectivity index (χ4n) is 1.57. The number of halogens is 2. The molecule has 18 heavy (non-hydrogen) atoms. The number of benzene rings is 2. The molecule has 0 aliphatic carbocycles. The average molecular weight is 372 g/mol. The smallest absolute Gasteiger partial charge is 0.133 e. The Hall–Kier alpha value is -0.840. The summed E-state index contributed by atoms with van der Waals surface area (Å²) >= 11 is 6.79. The van der Waals surface area contributed by atoms with Gasteiger partial charge in [0.05, 0.1) is 6.61 Å². The van der Waals surface area contributed by atoms with Gasteiger partial charge < -0.3 is 9.84 Å². The Balaban J connectivity index is 2.36. The molecule has 0 aliphatic rings. The molecule has 0 saturated carbocycles. The number of ether oxygens (including phenoxy) is 1. The van der Waals surface area contributed by atoms with Gasteiger partial charge in [0.25, 0.3) is 0 Å². The zero-order chi connectivity index (χ0) is 13.1. The van der Waals surface area contributed by atoms with Crippen molar-refractivity contribution >= 4 is 31.9 Å². The molecular formula is C14H12Br2O2. The van der Waals surface area contributed by atoms with Crippen LogP contribution in [-0.4, -0.2) is 5.11 Å². The first-order valence-electron chi connectivity index (χ1n) is 5.43. The number of aliphatic hydroxyl groups is 1. The van der Waals surface area contributed by atoms with Crippen LogP contribution in [0.4, 0.5) is 0 Å². The summed E-state index contributed by atoms with van der Waals surface area (Å²) in [5.41, 5.74) is 1.80. The number of aryl methyl sites for hydroxylation is 1. The molecule has 2 aromatic rings. The molecule has 1 N–H and O–H groups in total. The van der Waals surface area contributed by atoms with E-state index in [-0.39, 0.29) is 6.61 Å². The van der Waals surface area contributed by atoms with Crippen LogP contribution in [0.15, 0.2) is 45.3 Å². The highest BCUT2D eigenvalue weighted by Crippen LogP contribution is 2.31. The van der Waals surface area contributed by atoms with Gasteiger partial charge in [-0.1, -0.05) is 37.9 Å². The Bertz CT molecular complexity index is 568. The first-order valence-corrected chi connectivity index (χ1v) is 7.02. The molecule has 4 heteroatoms. The molecule has 0 saturated heterocycles. The highest BCUT2D eigenvalue weighted by molar-refractivity contribution is 9.10. The maximum Gasteiger partial charge on any atom is 0.133 e. The minimum Gasteiger partial charge on any atom is -0.457 e. The fourth-order valence-corrected chi connectivity index (χ4v) is 2.32. The monoisotopic (exact) mass is 370 g/mol. The van der Waals surface area contributed by atoms with Gasteiger partial charge in [0.1, 0.15) is 11.5 Å². The lowest BCUT2D eigenvalue weighted by Gasteiger charge is -2.12. The summed E-state index contributed by atoms with van der Waals surface area (Å²) in [5, 5.41) is 9.33. The van der Waals surface area contributed by atoms with Crippen LogP contribution in [0.5, 0.6) is 11.5 Å². The van der Waals surface area contributed by atoms with Gasteiger partial charge in [-0.05, 0) is 42.8 Å². The predicted molar refractivity (Wildman–Crippen MR) is 79.0 cm³/mol. The van der Waals surface area contributed by atoms with Crippen molar-refractivity contribution < 1.29 is 9.84 Å². The highest BCUT2D eigenvalue weighted by atomic mass is 79.9. The van der Waals surface area contributed by atoms with Gasteiger partial charge in [-0.25, -0.2) is 0 Å². The van der Waals surface area contributed by atoms with Crippen LogP contribution >= 0.6 is 31.9 Å². The molecule has 94 valence electrons. The summed E-state index contributed by atoms with van der Waals surface area (Å²) in [6, 6.07) is 11.5. The third-order valence-corrected chi connectivity index (χ3v) is 3.55. The van der Waals surface area contributed by atoms with Crippen molar-refractivity contribution in [2.75, 3.05) is 0 Å². The van der Waals surface area contributed by atoms with Gasteiger partial charge in [-0.2, -0.15) is 0 Å². The maximum atomic E-state index is 9.33. The molecule has 0 heterocycles. The van der Waals surface area contributed by atoms with E-state index in [1.54, 1.807) is 0 Å². The third-order valence-electron chi connectivity index (χ3n) is 2.56. The van der Waals surface area contributed by atoms with Crippen molar-refractivity contribution in [1.29, 1.82) is 0 Å². The molecule has 0 spiro atoms. The van der Waals surface area contributed by atoms with E-state index < -0.39 is 0 Å². The molecule has 0 aliphatic heterocycles.